The third kappa shape index (κ3) is 5.08. The first kappa shape index (κ1) is 15.1. The van der Waals surface area contributed by atoms with Gasteiger partial charge in [-0.15, -0.1) is 0 Å². The fraction of sp³-hybridized carbons (Fsp3) is 1.00. The Kier molecular flexibility index (Phi) is 6.62. The standard InChI is InChI=1S/C10H26N2O2Si/c1-11(2)10(12(3)4)8-9-15(7,13-5)14-6/h10H,8-9H2,1-7H3. The molecular weight excluding hydrogens is 208 g/mol. The average molecular weight is 234 g/mol. The lowest BCUT2D eigenvalue weighted by atomic mass is 10.3. The zero-order valence-corrected chi connectivity index (χ0v) is 12.2. The maximum atomic E-state index is 5.48. The molecule has 0 aromatic carbocycles. The van der Waals surface area contributed by atoms with Crippen LogP contribution in [-0.4, -0.2) is 66.9 Å². The lowest BCUT2D eigenvalue weighted by Gasteiger charge is -2.33. The summed E-state index contributed by atoms with van der Waals surface area (Å²) >= 11 is 0. The topological polar surface area (TPSA) is 24.9 Å². The summed E-state index contributed by atoms with van der Waals surface area (Å²) in [6.45, 7) is 2.11. The monoisotopic (exact) mass is 234 g/mol. The van der Waals surface area contributed by atoms with Gasteiger partial charge in [-0.25, -0.2) is 0 Å². The van der Waals surface area contributed by atoms with Crippen molar-refractivity contribution in [1.29, 1.82) is 0 Å². The molecule has 5 heteroatoms. The maximum Gasteiger partial charge on any atom is 0.334 e. The molecule has 4 nitrogen and oxygen atoms in total. The lowest BCUT2D eigenvalue weighted by molar-refractivity contribution is 0.120. The molecule has 0 atom stereocenters. The number of nitrogens with zero attached hydrogens (tertiary/aromatic N) is 2. The first-order valence-corrected chi connectivity index (χ1v) is 7.82. The summed E-state index contributed by atoms with van der Waals surface area (Å²) < 4.78 is 11.0. The van der Waals surface area contributed by atoms with Gasteiger partial charge in [-0.2, -0.15) is 0 Å². The van der Waals surface area contributed by atoms with Gasteiger partial charge in [0.15, 0.2) is 0 Å². The highest BCUT2D eigenvalue weighted by Gasteiger charge is 2.30. The second-order valence-electron chi connectivity index (χ2n) is 4.49. The molecule has 0 aliphatic carbocycles. The Morgan fingerprint density at radius 3 is 1.67 bits per heavy atom. The summed E-state index contributed by atoms with van der Waals surface area (Å²) in [4.78, 5) is 4.44. The normalized spacial score (nSPS) is 13.2. The largest absolute Gasteiger partial charge is 0.398 e. The van der Waals surface area contributed by atoms with E-state index in [-0.39, 0.29) is 0 Å². The Hall–Kier alpha value is 0.0569. The van der Waals surface area contributed by atoms with Crippen LogP contribution >= 0.6 is 0 Å². The summed E-state index contributed by atoms with van der Waals surface area (Å²) in [6, 6.07) is 1.01. The van der Waals surface area contributed by atoms with E-state index in [1.54, 1.807) is 14.2 Å². The molecule has 0 spiro atoms. The highest BCUT2D eigenvalue weighted by Crippen LogP contribution is 2.17. The highest BCUT2D eigenvalue weighted by molar-refractivity contribution is 6.65. The molecule has 0 radical (unpaired) electrons. The van der Waals surface area contributed by atoms with Gasteiger partial charge in [0.25, 0.3) is 0 Å². The summed E-state index contributed by atoms with van der Waals surface area (Å²) in [5.74, 6) is 0. The zero-order valence-electron chi connectivity index (χ0n) is 11.2. The predicted molar refractivity (Wildman–Crippen MR) is 66.2 cm³/mol. The molecule has 92 valence electrons. The van der Waals surface area contributed by atoms with Gasteiger partial charge in [0.1, 0.15) is 0 Å². The Morgan fingerprint density at radius 2 is 1.40 bits per heavy atom. The third-order valence-corrected chi connectivity index (χ3v) is 5.84. The maximum absolute atomic E-state index is 5.48. The van der Waals surface area contributed by atoms with Crippen LogP contribution in [0.5, 0.6) is 0 Å². The van der Waals surface area contributed by atoms with Crippen molar-refractivity contribution in [3.63, 3.8) is 0 Å². The molecule has 0 N–H and O–H groups in total. The van der Waals surface area contributed by atoms with Gasteiger partial charge >= 0.3 is 8.56 Å². The van der Waals surface area contributed by atoms with Crippen molar-refractivity contribution in [1.82, 2.24) is 9.80 Å². The SMILES string of the molecule is CO[Si](C)(CCC(N(C)C)N(C)C)OC. The minimum Gasteiger partial charge on any atom is -0.398 e. The Bertz CT molecular complexity index is 165. The van der Waals surface area contributed by atoms with E-state index in [0.29, 0.717) is 6.17 Å². The van der Waals surface area contributed by atoms with Crippen LogP contribution in [0.3, 0.4) is 0 Å². The van der Waals surface area contributed by atoms with Crippen molar-refractivity contribution in [3.05, 3.63) is 0 Å². The first-order valence-electron chi connectivity index (χ1n) is 5.29. The number of hydrogen-bond donors (Lipinski definition) is 0. The van der Waals surface area contributed by atoms with Crippen LogP contribution in [0.2, 0.25) is 12.6 Å². The smallest absolute Gasteiger partial charge is 0.334 e. The summed E-state index contributed by atoms with van der Waals surface area (Å²) in [6.07, 6.45) is 1.52. The van der Waals surface area contributed by atoms with E-state index in [1.807, 2.05) is 0 Å². The number of hydrogen-bond acceptors (Lipinski definition) is 4. The van der Waals surface area contributed by atoms with Crippen molar-refractivity contribution in [2.24, 2.45) is 0 Å². The molecule has 15 heavy (non-hydrogen) atoms. The quantitative estimate of drug-likeness (QED) is 0.488. The summed E-state index contributed by atoms with van der Waals surface area (Å²) in [5.41, 5.74) is 0. The molecule has 0 amide bonds. The van der Waals surface area contributed by atoms with Gasteiger partial charge in [-0.3, -0.25) is 9.80 Å². The Labute approximate surface area is 95.4 Å². The van der Waals surface area contributed by atoms with Crippen LogP contribution in [0.4, 0.5) is 0 Å². The first-order chi connectivity index (χ1) is 6.86. The second kappa shape index (κ2) is 6.60. The molecule has 0 saturated carbocycles. The molecular formula is C10H26N2O2Si. The van der Waals surface area contributed by atoms with Gasteiger partial charge in [-0.1, -0.05) is 0 Å². The highest BCUT2D eigenvalue weighted by atomic mass is 28.4. The van der Waals surface area contributed by atoms with Gasteiger partial charge in [0, 0.05) is 14.2 Å². The third-order valence-electron chi connectivity index (χ3n) is 2.91. The molecule has 0 saturated heterocycles. The van der Waals surface area contributed by atoms with Crippen molar-refractivity contribution >= 4 is 8.56 Å². The van der Waals surface area contributed by atoms with E-state index in [4.69, 9.17) is 8.85 Å². The van der Waals surface area contributed by atoms with E-state index in [1.165, 1.54) is 0 Å². The average Bonchev–Trinajstić information content (AvgIpc) is 2.16. The summed E-state index contributed by atoms with van der Waals surface area (Å²) in [5, 5.41) is 0. The van der Waals surface area contributed by atoms with E-state index >= 15 is 0 Å². The van der Waals surface area contributed by atoms with Crippen LogP contribution in [0, 0.1) is 0 Å². The van der Waals surface area contributed by atoms with Crippen LogP contribution in [0.25, 0.3) is 0 Å². The summed E-state index contributed by atoms with van der Waals surface area (Å²) in [7, 11) is 9.99. The van der Waals surface area contributed by atoms with Gasteiger partial charge in [0.05, 0.1) is 6.17 Å². The van der Waals surface area contributed by atoms with E-state index in [2.05, 4.69) is 44.5 Å². The Balaban J connectivity index is 4.20. The van der Waals surface area contributed by atoms with Crippen molar-refractivity contribution in [3.8, 4) is 0 Å². The molecule has 0 rings (SSSR count). The fourth-order valence-corrected chi connectivity index (χ4v) is 3.01. The van der Waals surface area contributed by atoms with E-state index in [0.717, 1.165) is 12.5 Å². The van der Waals surface area contributed by atoms with E-state index < -0.39 is 8.56 Å². The van der Waals surface area contributed by atoms with Crippen molar-refractivity contribution in [2.75, 3.05) is 42.4 Å². The molecule has 0 aromatic heterocycles. The van der Waals surface area contributed by atoms with Gasteiger partial charge in [-0.05, 0) is 47.2 Å². The fourth-order valence-electron chi connectivity index (χ4n) is 1.66. The molecule has 0 aromatic rings. The molecule has 0 aliphatic rings. The van der Waals surface area contributed by atoms with E-state index in [9.17, 15) is 0 Å². The Morgan fingerprint density at radius 1 is 1.00 bits per heavy atom. The molecule has 0 bridgehead atoms. The lowest BCUT2D eigenvalue weighted by Crippen LogP contribution is -2.44. The molecule has 0 unspecified atom stereocenters. The van der Waals surface area contributed by atoms with Crippen LogP contribution in [0.15, 0.2) is 0 Å². The minimum atomic E-state index is -1.91. The molecule has 0 heterocycles. The molecule has 0 aliphatic heterocycles. The zero-order chi connectivity index (χ0) is 12.1. The van der Waals surface area contributed by atoms with Crippen LogP contribution in [0.1, 0.15) is 6.42 Å². The second-order valence-corrected chi connectivity index (χ2v) is 8.07. The van der Waals surface area contributed by atoms with Crippen LogP contribution in [-0.2, 0) is 8.85 Å². The van der Waals surface area contributed by atoms with Gasteiger partial charge < -0.3 is 8.85 Å². The predicted octanol–water partition coefficient (Wildman–Crippen LogP) is 1.19. The van der Waals surface area contributed by atoms with Gasteiger partial charge in [0.2, 0.25) is 0 Å². The number of rotatable bonds is 7. The van der Waals surface area contributed by atoms with Crippen LogP contribution < -0.4 is 0 Å². The van der Waals surface area contributed by atoms with Crippen molar-refractivity contribution < 1.29 is 8.85 Å². The minimum absolute atomic E-state index is 0.446. The van der Waals surface area contributed by atoms with Crippen molar-refractivity contribution in [2.45, 2.75) is 25.2 Å². The molecule has 0 fully saturated rings.